The maximum absolute atomic E-state index is 10.4. The number of aliphatic carboxylic acids is 1. The van der Waals surface area contributed by atoms with Gasteiger partial charge >= 0.3 is 5.97 Å². The first-order valence-corrected chi connectivity index (χ1v) is 11.7. The molecule has 0 aliphatic heterocycles. The summed E-state index contributed by atoms with van der Waals surface area (Å²) < 4.78 is 0. The van der Waals surface area contributed by atoms with Crippen LogP contribution in [-0.2, 0) is 4.79 Å². The topological polar surface area (TPSA) is 57.5 Å². The molecule has 0 bridgehead atoms. The molecule has 0 aliphatic carbocycles. The fraction of sp³-hybridized carbons (Fsp3) is 0.875. The number of rotatable bonds is 21. The summed E-state index contributed by atoms with van der Waals surface area (Å²) in [5.74, 6) is -0.672. The van der Waals surface area contributed by atoms with Crippen molar-refractivity contribution in [2.75, 3.05) is 0 Å². The van der Waals surface area contributed by atoms with Crippen LogP contribution < -0.4 is 0 Å². The van der Waals surface area contributed by atoms with Crippen LogP contribution in [0.5, 0.6) is 0 Å². The quantitative estimate of drug-likeness (QED) is 0.160. The molecule has 3 heteroatoms. The van der Waals surface area contributed by atoms with Crippen molar-refractivity contribution < 1.29 is 15.0 Å². The zero-order chi connectivity index (χ0) is 20.0. The Morgan fingerprint density at radius 3 is 1.67 bits per heavy atom. The lowest BCUT2D eigenvalue weighted by atomic mass is 10.0. The number of hydrogen-bond acceptors (Lipinski definition) is 2. The molecule has 0 aromatic heterocycles. The average molecular weight is 383 g/mol. The number of unbranched alkanes of at least 4 members (excludes halogenated alkanes) is 13. The number of aliphatic hydroxyl groups excluding tert-OH is 1. The maximum Gasteiger partial charge on any atom is 0.303 e. The summed E-state index contributed by atoms with van der Waals surface area (Å²) in [5.41, 5.74) is 0. The molecule has 160 valence electrons. The molecule has 0 amide bonds. The van der Waals surface area contributed by atoms with E-state index >= 15 is 0 Å². The second kappa shape index (κ2) is 21.5. The molecule has 0 saturated carbocycles. The predicted octanol–water partition coefficient (Wildman–Crippen LogP) is 7.42. The minimum absolute atomic E-state index is 0.0635. The van der Waals surface area contributed by atoms with Crippen molar-refractivity contribution in [2.24, 2.45) is 0 Å². The minimum Gasteiger partial charge on any atom is -0.481 e. The van der Waals surface area contributed by atoms with Gasteiger partial charge in [-0.05, 0) is 44.9 Å². The first-order chi connectivity index (χ1) is 13.2. The van der Waals surface area contributed by atoms with Gasteiger partial charge < -0.3 is 10.2 Å². The fourth-order valence-corrected chi connectivity index (χ4v) is 3.43. The Kier molecular flexibility index (Phi) is 20.8. The van der Waals surface area contributed by atoms with E-state index in [0.29, 0.717) is 6.42 Å². The van der Waals surface area contributed by atoms with E-state index in [2.05, 4.69) is 19.1 Å². The van der Waals surface area contributed by atoms with E-state index in [4.69, 9.17) is 5.11 Å². The number of aliphatic hydroxyl groups is 1. The molecule has 2 N–H and O–H groups in total. The highest BCUT2D eigenvalue weighted by molar-refractivity contribution is 5.66. The van der Waals surface area contributed by atoms with Crippen LogP contribution in [0.4, 0.5) is 0 Å². The molecule has 0 saturated heterocycles. The van der Waals surface area contributed by atoms with Crippen molar-refractivity contribution in [3.05, 3.63) is 12.2 Å². The van der Waals surface area contributed by atoms with Gasteiger partial charge in [0, 0.05) is 6.42 Å². The summed E-state index contributed by atoms with van der Waals surface area (Å²) in [4.78, 5) is 10.4. The Bertz CT molecular complexity index is 339. The van der Waals surface area contributed by atoms with Gasteiger partial charge in [-0.25, -0.2) is 0 Å². The second-order valence-corrected chi connectivity index (χ2v) is 8.02. The fourth-order valence-electron chi connectivity index (χ4n) is 3.43. The van der Waals surface area contributed by atoms with Crippen molar-refractivity contribution >= 4 is 5.97 Å². The van der Waals surface area contributed by atoms with Gasteiger partial charge in [0.25, 0.3) is 0 Å². The maximum atomic E-state index is 10.4. The van der Waals surface area contributed by atoms with Crippen LogP contribution in [0.2, 0.25) is 0 Å². The van der Waals surface area contributed by atoms with Crippen LogP contribution in [0, 0.1) is 0 Å². The zero-order valence-corrected chi connectivity index (χ0v) is 18.0. The molecule has 1 unspecified atom stereocenters. The average Bonchev–Trinajstić information content (AvgIpc) is 2.64. The lowest BCUT2D eigenvalue weighted by Crippen LogP contribution is -2.05. The number of carbonyl (C=O) groups is 1. The van der Waals surface area contributed by atoms with E-state index in [1.165, 1.54) is 83.5 Å². The third kappa shape index (κ3) is 23.1. The van der Waals surface area contributed by atoms with Crippen LogP contribution in [0.3, 0.4) is 0 Å². The van der Waals surface area contributed by atoms with Gasteiger partial charge in [-0.3, -0.25) is 4.79 Å². The van der Waals surface area contributed by atoms with Crippen molar-refractivity contribution in [3.63, 3.8) is 0 Å². The lowest BCUT2D eigenvalue weighted by molar-refractivity contribution is -0.137. The zero-order valence-electron chi connectivity index (χ0n) is 18.0. The van der Waals surface area contributed by atoms with Gasteiger partial charge in [0.15, 0.2) is 0 Å². The summed E-state index contributed by atoms with van der Waals surface area (Å²) in [6.07, 6.45) is 26.1. The van der Waals surface area contributed by atoms with Gasteiger partial charge in [0.2, 0.25) is 0 Å². The Hall–Kier alpha value is -0.830. The van der Waals surface area contributed by atoms with Crippen molar-refractivity contribution in [3.8, 4) is 0 Å². The van der Waals surface area contributed by atoms with E-state index < -0.39 is 5.97 Å². The van der Waals surface area contributed by atoms with E-state index in [1.807, 2.05) is 0 Å². The summed E-state index contributed by atoms with van der Waals surface area (Å²) in [7, 11) is 0. The van der Waals surface area contributed by atoms with Crippen molar-refractivity contribution in [2.45, 2.75) is 135 Å². The van der Waals surface area contributed by atoms with Gasteiger partial charge in [-0.15, -0.1) is 0 Å². The standard InChI is InChI=1S/C24H46O3/c1-2-3-17-20-23(25)21-18-15-13-11-9-7-5-4-6-8-10-12-14-16-19-22-24(26)27/h4,6,23,25H,2-3,5,7-22H2,1H3,(H,26,27). The highest BCUT2D eigenvalue weighted by Crippen LogP contribution is 2.13. The molecule has 0 aromatic carbocycles. The molecule has 0 rings (SSSR count). The van der Waals surface area contributed by atoms with Crippen LogP contribution in [0.15, 0.2) is 12.2 Å². The first kappa shape index (κ1) is 26.2. The molecule has 3 nitrogen and oxygen atoms in total. The van der Waals surface area contributed by atoms with Crippen LogP contribution in [0.1, 0.15) is 129 Å². The second-order valence-electron chi connectivity index (χ2n) is 8.02. The molecular weight excluding hydrogens is 336 g/mol. The minimum atomic E-state index is -0.672. The highest BCUT2D eigenvalue weighted by Gasteiger charge is 2.03. The molecular formula is C24H46O3. The van der Waals surface area contributed by atoms with Gasteiger partial charge in [-0.1, -0.05) is 89.7 Å². The third-order valence-electron chi connectivity index (χ3n) is 5.23. The molecule has 0 radical (unpaired) electrons. The molecule has 0 heterocycles. The van der Waals surface area contributed by atoms with E-state index in [0.717, 1.165) is 32.1 Å². The van der Waals surface area contributed by atoms with Crippen molar-refractivity contribution in [1.82, 2.24) is 0 Å². The van der Waals surface area contributed by atoms with Gasteiger partial charge in [-0.2, -0.15) is 0 Å². The Labute approximate surface area is 168 Å². The van der Waals surface area contributed by atoms with Crippen LogP contribution in [-0.4, -0.2) is 22.3 Å². The van der Waals surface area contributed by atoms with E-state index in [9.17, 15) is 9.90 Å². The number of carboxylic acid groups (broad SMARTS) is 1. The lowest BCUT2D eigenvalue weighted by Gasteiger charge is -2.09. The summed E-state index contributed by atoms with van der Waals surface area (Å²) >= 11 is 0. The van der Waals surface area contributed by atoms with Crippen LogP contribution >= 0.6 is 0 Å². The Morgan fingerprint density at radius 1 is 0.704 bits per heavy atom. The van der Waals surface area contributed by atoms with E-state index in [1.54, 1.807) is 0 Å². The highest BCUT2D eigenvalue weighted by atomic mass is 16.4. The van der Waals surface area contributed by atoms with E-state index in [-0.39, 0.29) is 6.10 Å². The number of hydrogen-bond donors (Lipinski definition) is 2. The summed E-state index contributed by atoms with van der Waals surface area (Å²) in [6, 6.07) is 0. The van der Waals surface area contributed by atoms with Gasteiger partial charge in [0.05, 0.1) is 6.10 Å². The number of carboxylic acids is 1. The molecule has 0 aliphatic rings. The normalized spacial score (nSPS) is 12.7. The molecule has 0 spiro atoms. The van der Waals surface area contributed by atoms with Crippen LogP contribution in [0.25, 0.3) is 0 Å². The molecule has 0 aromatic rings. The SMILES string of the molecule is CCCCCC(O)CCCCCCCCC=CCCCCCCCC(=O)O. The molecule has 0 fully saturated rings. The largest absolute Gasteiger partial charge is 0.481 e. The summed E-state index contributed by atoms with van der Waals surface area (Å²) in [5, 5.41) is 18.4. The third-order valence-corrected chi connectivity index (χ3v) is 5.23. The van der Waals surface area contributed by atoms with Crippen molar-refractivity contribution in [1.29, 1.82) is 0 Å². The molecule has 27 heavy (non-hydrogen) atoms. The summed E-state index contributed by atoms with van der Waals surface area (Å²) in [6.45, 7) is 2.21. The Balaban J connectivity index is 3.17. The smallest absolute Gasteiger partial charge is 0.303 e. The van der Waals surface area contributed by atoms with Gasteiger partial charge in [0.1, 0.15) is 0 Å². The predicted molar refractivity (Wildman–Crippen MR) is 116 cm³/mol. The monoisotopic (exact) mass is 382 g/mol. The molecule has 1 atom stereocenters. The Morgan fingerprint density at radius 2 is 1.15 bits per heavy atom. The first-order valence-electron chi connectivity index (χ1n) is 11.7. The number of allylic oxidation sites excluding steroid dienone is 2.